The lowest BCUT2D eigenvalue weighted by molar-refractivity contribution is -0.137. The van der Waals surface area contributed by atoms with Crippen molar-refractivity contribution >= 4 is 22.0 Å². The third-order valence-electron chi connectivity index (χ3n) is 3.87. The number of nitrogens with zero attached hydrogens (tertiary/aromatic N) is 2. The molecule has 2 fully saturated rings. The van der Waals surface area contributed by atoms with Gasteiger partial charge in [-0.1, -0.05) is 6.07 Å². The number of nitrogens with one attached hydrogen (secondary N) is 1. The number of alkyl halides is 3. The van der Waals surface area contributed by atoms with Crippen molar-refractivity contribution in [2.45, 2.75) is 17.1 Å². The molecule has 0 atom stereocenters. The quantitative estimate of drug-likeness (QED) is 0.798. The fourth-order valence-electron chi connectivity index (χ4n) is 2.56. The Bertz CT molecular complexity index is 787. The molecule has 0 spiro atoms. The summed E-state index contributed by atoms with van der Waals surface area (Å²) in [5, 5.41) is 2.32. The van der Waals surface area contributed by atoms with Crippen molar-refractivity contribution in [3.8, 4) is 0 Å². The first-order valence-electron chi connectivity index (χ1n) is 6.88. The standard InChI is InChI=1S/C13H12F3N3O4S/c14-13(15,16)8-2-1-3-10(4-8)24(22,23)18-6-9(7-18)19-11(20)5-17-12(19)21/h1-4,9H,5-7H2,(H,17,21). The van der Waals surface area contributed by atoms with Gasteiger partial charge in [-0.15, -0.1) is 0 Å². The van der Waals surface area contributed by atoms with Gasteiger partial charge in [0.1, 0.15) is 0 Å². The fourth-order valence-corrected chi connectivity index (χ4v) is 4.12. The number of imide groups is 1. The summed E-state index contributed by atoms with van der Waals surface area (Å²) in [4.78, 5) is 23.5. The van der Waals surface area contributed by atoms with Crippen LogP contribution in [0.25, 0.3) is 0 Å². The summed E-state index contributed by atoms with van der Waals surface area (Å²) in [6.45, 7) is -0.425. The number of rotatable bonds is 3. The molecule has 0 aliphatic carbocycles. The Labute approximate surface area is 135 Å². The van der Waals surface area contributed by atoms with Crippen LogP contribution in [0.3, 0.4) is 0 Å². The summed E-state index contributed by atoms with van der Waals surface area (Å²) in [5.41, 5.74) is -1.06. The number of carbonyl (C=O) groups excluding carboxylic acids is 2. The van der Waals surface area contributed by atoms with Gasteiger partial charge in [-0.25, -0.2) is 13.2 Å². The minimum Gasteiger partial charge on any atom is -0.329 e. The predicted octanol–water partition coefficient (Wildman–Crippen LogP) is 0.630. The van der Waals surface area contributed by atoms with E-state index in [1.807, 2.05) is 0 Å². The lowest BCUT2D eigenvalue weighted by Crippen LogP contribution is -2.62. The van der Waals surface area contributed by atoms with Crippen molar-refractivity contribution in [1.29, 1.82) is 0 Å². The summed E-state index contributed by atoms with van der Waals surface area (Å²) in [5.74, 6) is -0.457. The summed E-state index contributed by atoms with van der Waals surface area (Å²) >= 11 is 0. The second kappa shape index (κ2) is 5.45. The number of hydrogen-bond acceptors (Lipinski definition) is 4. The predicted molar refractivity (Wildman–Crippen MR) is 74.2 cm³/mol. The lowest BCUT2D eigenvalue weighted by Gasteiger charge is -2.41. The minimum atomic E-state index is -4.65. The number of carbonyl (C=O) groups is 2. The molecule has 130 valence electrons. The van der Waals surface area contributed by atoms with Gasteiger partial charge in [-0.2, -0.15) is 17.5 Å². The molecular formula is C13H12F3N3O4S. The Morgan fingerprint density at radius 1 is 1.17 bits per heavy atom. The Hall–Kier alpha value is -2.14. The first-order chi connectivity index (χ1) is 11.1. The number of hydrogen-bond donors (Lipinski definition) is 1. The average molecular weight is 363 g/mol. The van der Waals surface area contributed by atoms with Gasteiger partial charge in [0.2, 0.25) is 15.9 Å². The molecule has 1 aromatic carbocycles. The molecule has 2 aliphatic rings. The van der Waals surface area contributed by atoms with Crippen LogP contribution in [-0.2, 0) is 21.0 Å². The van der Waals surface area contributed by atoms with E-state index in [0.717, 1.165) is 27.4 Å². The highest BCUT2D eigenvalue weighted by atomic mass is 32.2. The molecule has 0 aromatic heterocycles. The van der Waals surface area contributed by atoms with E-state index in [1.165, 1.54) is 0 Å². The molecule has 1 aromatic rings. The van der Waals surface area contributed by atoms with Crippen LogP contribution >= 0.6 is 0 Å². The van der Waals surface area contributed by atoms with E-state index >= 15 is 0 Å². The molecule has 3 rings (SSSR count). The van der Waals surface area contributed by atoms with Gasteiger partial charge in [0.15, 0.2) is 0 Å². The molecule has 7 nitrogen and oxygen atoms in total. The Morgan fingerprint density at radius 3 is 2.38 bits per heavy atom. The minimum absolute atomic E-state index is 0.141. The maximum Gasteiger partial charge on any atom is 0.416 e. The van der Waals surface area contributed by atoms with Crippen molar-refractivity contribution in [1.82, 2.24) is 14.5 Å². The smallest absolute Gasteiger partial charge is 0.329 e. The zero-order chi connectivity index (χ0) is 17.7. The largest absolute Gasteiger partial charge is 0.416 e. The van der Waals surface area contributed by atoms with Crippen LogP contribution in [0, 0.1) is 0 Å². The maximum absolute atomic E-state index is 12.7. The van der Waals surface area contributed by atoms with Crippen LogP contribution in [-0.4, -0.2) is 55.2 Å². The topological polar surface area (TPSA) is 86.8 Å². The van der Waals surface area contributed by atoms with Crippen molar-refractivity contribution in [3.05, 3.63) is 29.8 Å². The molecule has 3 amide bonds. The van der Waals surface area contributed by atoms with E-state index in [-0.39, 0.29) is 19.6 Å². The van der Waals surface area contributed by atoms with E-state index in [2.05, 4.69) is 5.32 Å². The van der Waals surface area contributed by atoms with E-state index < -0.39 is 44.6 Å². The highest BCUT2D eigenvalue weighted by Gasteiger charge is 2.46. The average Bonchev–Trinajstić information content (AvgIpc) is 2.77. The van der Waals surface area contributed by atoms with Gasteiger partial charge in [0.05, 0.1) is 23.0 Å². The monoisotopic (exact) mass is 363 g/mol. The van der Waals surface area contributed by atoms with Crippen molar-refractivity contribution < 1.29 is 31.2 Å². The third kappa shape index (κ3) is 2.73. The van der Waals surface area contributed by atoms with E-state index in [9.17, 15) is 31.2 Å². The maximum atomic E-state index is 12.7. The normalized spacial score (nSPS) is 20.2. The number of amides is 3. The Balaban J connectivity index is 1.77. The van der Waals surface area contributed by atoms with Gasteiger partial charge in [0.25, 0.3) is 0 Å². The SMILES string of the molecule is O=C1CNC(=O)N1C1CN(S(=O)(=O)c2cccc(C(F)(F)F)c2)C1. The first-order valence-corrected chi connectivity index (χ1v) is 8.32. The van der Waals surface area contributed by atoms with Gasteiger partial charge in [-0.3, -0.25) is 9.69 Å². The molecule has 2 aliphatic heterocycles. The van der Waals surface area contributed by atoms with E-state index in [4.69, 9.17) is 0 Å². The van der Waals surface area contributed by atoms with Crippen LogP contribution in [0.4, 0.5) is 18.0 Å². The molecule has 11 heteroatoms. The zero-order valence-electron chi connectivity index (χ0n) is 12.1. The highest BCUT2D eigenvalue weighted by molar-refractivity contribution is 7.89. The van der Waals surface area contributed by atoms with Gasteiger partial charge in [0, 0.05) is 13.1 Å². The van der Waals surface area contributed by atoms with Crippen LogP contribution in [0.5, 0.6) is 0 Å². The number of halogens is 3. The molecule has 2 heterocycles. The fraction of sp³-hybridized carbons (Fsp3) is 0.385. The lowest BCUT2D eigenvalue weighted by atomic mass is 10.1. The summed E-state index contributed by atoms with van der Waals surface area (Å²) in [7, 11) is -4.12. The zero-order valence-corrected chi connectivity index (χ0v) is 12.9. The Morgan fingerprint density at radius 2 is 1.83 bits per heavy atom. The van der Waals surface area contributed by atoms with Crippen LogP contribution in [0.1, 0.15) is 5.56 Å². The first kappa shape index (κ1) is 16.7. The summed E-state index contributed by atoms with van der Waals surface area (Å²) in [6, 6.07) is 2.24. The Kier molecular flexibility index (Phi) is 3.79. The van der Waals surface area contributed by atoms with Gasteiger partial charge in [-0.05, 0) is 18.2 Å². The van der Waals surface area contributed by atoms with Crippen molar-refractivity contribution in [2.24, 2.45) is 0 Å². The molecule has 2 saturated heterocycles. The summed E-state index contributed by atoms with van der Waals surface area (Å²) in [6.07, 6.45) is -4.65. The van der Waals surface area contributed by atoms with Crippen LogP contribution < -0.4 is 5.32 Å². The van der Waals surface area contributed by atoms with Crippen molar-refractivity contribution in [3.63, 3.8) is 0 Å². The third-order valence-corrected chi connectivity index (χ3v) is 5.70. The van der Waals surface area contributed by atoms with Crippen LogP contribution in [0.15, 0.2) is 29.2 Å². The second-order valence-corrected chi connectivity index (χ2v) is 7.36. The van der Waals surface area contributed by atoms with E-state index in [1.54, 1.807) is 0 Å². The van der Waals surface area contributed by atoms with Gasteiger partial charge >= 0.3 is 12.2 Å². The molecule has 24 heavy (non-hydrogen) atoms. The number of sulfonamides is 1. The number of benzene rings is 1. The molecule has 0 bridgehead atoms. The highest BCUT2D eigenvalue weighted by Crippen LogP contribution is 2.32. The van der Waals surface area contributed by atoms with E-state index in [0.29, 0.717) is 6.07 Å². The summed E-state index contributed by atoms with van der Waals surface area (Å²) < 4.78 is 63.8. The molecule has 0 saturated carbocycles. The molecular weight excluding hydrogens is 351 g/mol. The van der Waals surface area contributed by atoms with Gasteiger partial charge < -0.3 is 5.32 Å². The molecule has 1 N–H and O–H groups in total. The molecule has 0 radical (unpaired) electrons. The number of urea groups is 1. The second-order valence-electron chi connectivity index (χ2n) is 5.42. The van der Waals surface area contributed by atoms with Crippen LogP contribution in [0.2, 0.25) is 0 Å². The molecule has 0 unspecified atom stereocenters. The van der Waals surface area contributed by atoms with Crippen molar-refractivity contribution in [2.75, 3.05) is 19.6 Å².